The van der Waals surface area contributed by atoms with E-state index in [1.54, 1.807) is 6.07 Å². The van der Waals surface area contributed by atoms with Crippen LogP contribution in [-0.4, -0.2) is 36.6 Å². The van der Waals surface area contributed by atoms with Crippen molar-refractivity contribution < 1.29 is 14.6 Å². The summed E-state index contributed by atoms with van der Waals surface area (Å²) in [7, 11) is 4.12. The highest BCUT2D eigenvalue weighted by Crippen LogP contribution is 2.61. The van der Waals surface area contributed by atoms with Gasteiger partial charge in [-0.05, 0) is 89.6 Å². The van der Waals surface area contributed by atoms with Crippen LogP contribution < -0.4 is 4.74 Å². The van der Waals surface area contributed by atoms with E-state index in [2.05, 4.69) is 31.7 Å². The number of esters is 1. The molecule has 1 N–H and O–H groups in total. The van der Waals surface area contributed by atoms with Crippen molar-refractivity contribution in [2.45, 2.75) is 52.1 Å². The molecule has 4 atom stereocenters. The van der Waals surface area contributed by atoms with E-state index < -0.39 is 11.0 Å². The van der Waals surface area contributed by atoms with Crippen LogP contribution in [0.2, 0.25) is 0 Å². The van der Waals surface area contributed by atoms with E-state index in [-0.39, 0.29) is 17.3 Å². The first-order valence-electron chi connectivity index (χ1n) is 10.3. The van der Waals surface area contributed by atoms with Gasteiger partial charge in [-0.2, -0.15) is 0 Å². The molecule has 2 fully saturated rings. The van der Waals surface area contributed by atoms with Gasteiger partial charge in [0.05, 0.1) is 11.0 Å². The smallest absolute Gasteiger partial charge is 0.316 e. The summed E-state index contributed by atoms with van der Waals surface area (Å²) >= 11 is 0. The average Bonchev–Trinajstić information content (AvgIpc) is 2.98. The van der Waals surface area contributed by atoms with Crippen LogP contribution in [0.4, 0.5) is 0 Å². The van der Waals surface area contributed by atoms with Gasteiger partial charge in [-0.1, -0.05) is 18.2 Å². The third-order valence-corrected chi connectivity index (χ3v) is 6.64. The van der Waals surface area contributed by atoms with Crippen molar-refractivity contribution >= 4 is 5.97 Å². The summed E-state index contributed by atoms with van der Waals surface area (Å²) < 4.78 is 5.61. The monoisotopic (exact) mass is 385 g/mol. The summed E-state index contributed by atoms with van der Waals surface area (Å²) in [4.78, 5) is 14.5. The van der Waals surface area contributed by atoms with Gasteiger partial charge >= 0.3 is 5.97 Å². The van der Waals surface area contributed by atoms with Crippen LogP contribution in [-0.2, 0) is 10.4 Å². The maximum absolute atomic E-state index is 12.3. The number of carbonyl (C=O) groups excluding carboxylic acids is 1. The minimum absolute atomic E-state index is 0.000318. The molecule has 0 aromatic heterocycles. The number of allylic oxidation sites excluding steroid dienone is 1. The standard InChI is InChI=1S/C24H35NO3/c1-7-23-12-11-17(14-23)20(15-25(5)6)24(27,16-23)18-9-8-10-19(13-18)28-21(26)22(2,3)4/h7-10,13,17,20,27H,1,11-12,14-16H2,2-6H3. The number of nitrogens with zero attached hydrogens (tertiary/aromatic N) is 1. The second-order valence-corrected chi connectivity index (χ2v) is 10.2. The SMILES string of the molecule is C=CC12CCC(C1)C(CN(C)C)C(O)(c1cccc(OC(=O)C(C)(C)C)c1)C2. The minimum Gasteiger partial charge on any atom is -0.426 e. The summed E-state index contributed by atoms with van der Waals surface area (Å²) in [5.41, 5.74) is -0.684. The molecule has 0 aliphatic heterocycles. The Morgan fingerprint density at radius 3 is 2.71 bits per heavy atom. The van der Waals surface area contributed by atoms with Gasteiger partial charge in [0, 0.05) is 12.5 Å². The van der Waals surface area contributed by atoms with Crippen molar-refractivity contribution in [2.75, 3.05) is 20.6 Å². The van der Waals surface area contributed by atoms with Gasteiger partial charge in [-0.3, -0.25) is 4.79 Å². The quantitative estimate of drug-likeness (QED) is 0.464. The van der Waals surface area contributed by atoms with Crippen molar-refractivity contribution in [1.29, 1.82) is 0 Å². The first kappa shape index (κ1) is 21.1. The maximum atomic E-state index is 12.3. The summed E-state index contributed by atoms with van der Waals surface area (Å²) in [5.74, 6) is 0.847. The summed E-state index contributed by atoms with van der Waals surface area (Å²) in [6.07, 6.45) is 6.07. The minimum atomic E-state index is -0.956. The Morgan fingerprint density at radius 1 is 1.39 bits per heavy atom. The predicted molar refractivity (Wildman–Crippen MR) is 112 cm³/mol. The molecule has 28 heavy (non-hydrogen) atoms. The Bertz CT molecular complexity index is 750. The molecule has 0 heterocycles. The molecule has 2 bridgehead atoms. The van der Waals surface area contributed by atoms with Crippen molar-refractivity contribution in [3.05, 3.63) is 42.5 Å². The highest BCUT2D eigenvalue weighted by molar-refractivity contribution is 5.77. The molecular formula is C24H35NO3. The van der Waals surface area contributed by atoms with Gasteiger partial charge in [0.15, 0.2) is 0 Å². The molecule has 2 aliphatic rings. The van der Waals surface area contributed by atoms with E-state index in [0.717, 1.165) is 31.4 Å². The van der Waals surface area contributed by atoms with Crippen LogP contribution in [0.25, 0.3) is 0 Å². The molecule has 1 aromatic rings. The fraction of sp³-hybridized carbons (Fsp3) is 0.625. The number of fused-ring (bicyclic) bond motifs is 2. The highest BCUT2D eigenvalue weighted by Gasteiger charge is 2.56. The van der Waals surface area contributed by atoms with Crippen LogP contribution in [0, 0.1) is 22.7 Å². The first-order valence-corrected chi connectivity index (χ1v) is 10.3. The Labute approximate surface area is 169 Å². The molecule has 1 aromatic carbocycles. The lowest BCUT2D eigenvalue weighted by Crippen LogP contribution is -2.49. The number of benzene rings is 1. The van der Waals surface area contributed by atoms with Gasteiger partial charge in [0.25, 0.3) is 0 Å². The lowest BCUT2D eigenvalue weighted by molar-refractivity contribution is -0.143. The Balaban J connectivity index is 1.97. The summed E-state index contributed by atoms with van der Waals surface area (Å²) in [6, 6.07) is 7.49. The van der Waals surface area contributed by atoms with Crippen LogP contribution in [0.15, 0.2) is 36.9 Å². The molecule has 4 nitrogen and oxygen atoms in total. The Kier molecular flexibility index (Phi) is 5.50. The van der Waals surface area contributed by atoms with E-state index in [4.69, 9.17) is 4.74 Å². The molecule has 0 saturated heterocycles. The van der Waals surface area contributed by atoms with Gasteiger partial charge in [-0.15, -0.1) is 6.58 Å². The maximum Gasteiger partial charge on any atom is 0.316 e. The summed E-state index contributed by atoms with van der Waals surface area (Å²) in [5, 5.41) is 12.0. The zero-order valence-corrected chi connectivity index (χ0v) is 18.0. The van der Waals surface area contributed by atoms with E-state index in [0.29, 0.717) is 18.1 Å². The second kappa shape index (κ2) is 7.31. The average molecular weight is 386 g/mol. The molecule has 4 heteroatoms. The van der Waals surface area contributed by atoms with Crippen LogP contribution in [0.3, 0.4) is 0 Å². The van der Waals surface area contributed by atoms with Crippen LogP contribution in [0.5, 0.6) is 5.75 Å². The number of hydrogen-bond acceptors (Lipinski definition) is 4. The highest BCUT2D eigenvalue weighted by atomic mass is 16.5. The molecule has 154 valence electrons. The molecule has 4 unspecified atom stereocenters. The Morgan fingerprint density at radius 2 is 2.11 bits per heavy atom. The van der Waals surface area contributed by atoms with E-state index in [9.17, 15) is 9.90 Å². The van der Waals surface area contributed by atoms with Gasteiger partial charge in [0.1, 0.15) is 5.75 Å². The normalized spacial score (nSPS) is 32.4. The molecule has 0 radical (unpaired) electrons. The topological polar surface area (TPSA) is 49.8 Å². The fourth-order valence-electron chi connectivity index (χ4n) is 5.12. The van der Waals surface area contributed by atoms with Gasteiger partial charge < -0.3 is 14.7 Å². The van der Waals surface area contributed by atoms with Crippen LogP contribution in [0.1, 0.15) is 52.0 Å². The van der Waals surface area contributed by atoms with E-state index in [1.807, 2.05) is 39.0 Å². The molecule has 2 aliphatic carbocycles. The van der Waals surface area contributed by atoms with Crippen molar-refractivity contribution in [3.8, 4) is 5.75 Å². The van der Waals surface area contributed by atoms with Crippen molar-refractivity contribution in [1.82, 2.24) is 4.90 Å². The zero-order valence-electron chi connectivity index (χ0n) is 18.0. The van der Waals surface area contributed by atoms with Crippen molar-refractivity contribution in [2.24, 2.45) is 22.7 Å². The van der Waals surface area contributed by atoms with E-state index >= 15 is 0 Å². The number of hydrogen-bond donors (Lipinski definition) is 1. The molecule has 2 saturated carbocycles. The molecule has 0 amide bonds. The third kappa shape index (κ3) is 3.90. The third-order valence-electron chi connectivity index (χ3n) is 6.64. The first-order chi connectivity index (χ1) is 13.0. The Hall–Kier alpha value is -1.65. The lowest BCUT2D eigenvalue weighted by atomic mass is 9.60. The lowest BCUT2D eigenvalue weighted by Gasteiger charge is -2.49. The fourth-order valence-corrected chi connectivity index (χ4v) is 5.12. The molecular weight excluding hydrogens is 350 g/mol. The number of rotatable bonds is 5. The van der Waals surface area contributed by atoms with E-state index in [1.165, 1.54) is 0 Å². The number of aliphatic hydroxyl groups is 1. The van der Waals surface area contributed by atoms with Gasteiger partial charge in [-0.25, -0.2) is 0 Å². The molecule has 3 rings (SSSR count). The van der Waals surface area contributed by atoms with Crippen LogP contribution >= 0.6 is 0 Å². The molecule has 0 spiro atoms. The zero-order chi connectivity index (χ0) is 20.7. The number of carbonyl (C=O) groups is 1. The predicted octanol–water partition coefficient (Wildman–Crippen LogP) is 4.38. The second-order valence-electron chi connectivity index (χ2n) is 10.2. The van der Waals surface area contributed by atoms with Gasteiger partial charge in [0.2, 0.25) is 0 Å². The van der Waals surface area contributed by atoms with Crippen molar-refractivity contribution in [3.63, 3.8) is 0 Å². The number of ether oxygens (including phenoxy) is 1. The summed E-state index contributed by atoms with van der Waals surface area (Å²) in [6.45, 7) is 10.4. The largest absolute Gasteiger partial charge is 0.426 e.